The number of hydrogen-bond acceptors (Lipinski definition) is 3. The molecular weight excluding hydrogens is 204 g/mol. The molecule has 3 nitrogen and oxygen atoms in total. The first-order valence-corrected chi connectivity index (χ1v) is 5.67. The largest absolute Gasteiger partial charge is 0.448 e. The maximum atomic E-state index is 11.0. The summed E-state index contributed by atoms with van der Waals surface area (Å²) in [6.07, 6.45) is 3.55. The van der Waals surface area contributed by atoms with Gasteiger partial charge in [0.05, 0.1) is 0 Å². The normalized spacial score (nSPS) is 19.6. The molecule has 0 unspecified atom stereocenters. The minimum atomic E-state index is -0.378. The summed E-state index contributed by atoms with van der Waals surface area (Å²) in [5.41, 5.74) is 0.992. The predicted octanol–water partition coefficient (Wildman–Crippen LogP) is 2.47. The Morgan fingerprint density at radius 3 is 2.69 bits per heavy atom. The van der Waals surface area contributed by atoms with Gasteiger partial charge < -0.3 is 9.47 Å². The Morgan fingerprint density at radius 1 is 1.31 bits per heavy atom. The van der Waals surface area contributed by atoms with Gasteiger partial charge in [-0.1, -0.05) is 6.07 Å². The van der Waals surface area contributed by atoms with Crippen molar-refractivity contribution in [1.29, 1.82) is 0 Å². The van der Waals surface area contributed by atoms with Crippen LogP contribution in [0.15, 0.2) is 18.2 Å². The van der Waals surface area contributed by atoms with Gasteiger partial charge in [-0.15, -0.1) is 0 Å². The number of rotatable bonds is 2. The lowest BCUT2D eigenvalue weighted by Gasteiger charge is -2.35. The van der Waals surface area contributed by atoms with Crippen LogP contribution in [-0.2, 0) is 11.2 Å². The van der Waals surface area contributed by atoms with Crippen LogP contribution >= 0.6 is 0 Å². The molecule has 1 aromatic carbocycles. The maximum absolute atomic E-state index is 11.0. The van der Waals surface area contributed by atoms with Gasteiger partial charge in [-0.05, 0) is 31.0 Å². The molecule has 0 saturated heterocycles. The van der Waals surface area contributed by atoms with Crippen molar-refractivity contribution in [2.45, 2.75) is 38.4 Å². The van der Waals surface area contributed by atoms with Crippen LogP contribution in [0.3, 0.4) is 0 Å². The molecule has 3 heteroatoms. The third-order valence-corrected chi connectivity index (χ3v) is 3.17. The van der Waals surface area contributed by atoms with E-state index in [1.54, 1.807) is 6.92 Å². The molecule has 1 spiro atoms. The Morgan fingerprint density at radius 2 is 2.06 bits per heavy atom. The number of carbonyl (C=O) groups excluding carboxylic acids is 1. The lowest BCUT2D eigenvalue weighted by molar-refractivity contribution is -0.138. The summed E-state index contributed by atoms with van der Waals surface area (Å²) in [7, 11) is 0. The predicted molar refractivity (Wildman–Crippen MR) is 58.7 cm³/mol. The molecule has 1 aliphatic carbocycles. The smallest absolute Gasteiger partial charge is 0.251 e. The van der Waals surface area contributed by atoms with Crippen LogP contribution < -0.4 is 9.47 Å². The van der Waals surface area contributed by atoms with Crippen molar-refractivity contribution in [2.24, 2.45) is 0 Å². The van der Waals surface area contributed by atoms with E-state index < -0.39 is 0 Å². The molecular formula is C13H14O3. The standard InChI is InChI=1S/C13H14O3/c1-9(14)7-10-3-4-11-12(8-10)16-13(15-11)5-2-6-13/h3-4,8H,2,5-7H2,1H3. The summed E-state index contributed by atoms with van der Waals surface area (Å²) in [6.45, 7) is 1.60. The quantitative estimate of drug-likeness (QED) is 0.765. The Hall–Kier alpha value is -1.51. The number of ether oxygens (including phenoxy) is 2. The first-order chi connectivity index (χ1) is 7.67. The summed E-state index contributed by atoms with van der Waals surface area (Å²) < 4.78 is 11.6. The number of carbonyl (C=O) groups is 1. The zero-order valence-electron chi connectivity index (χ0n) is 9.29. The van der Waals surface area contributed by atoms with Crippen LogP contribution in [0.5, 0.6) is 11.5 Å². The van der Waals surface area contributed by atoms with Gasteiger partial charge in [-0.2, -0.15) is 0 Å². The number of fused-ring (bicyclic) bond motifs is 1. The van der Waals surface area contributed by atoms with E-state index in [1.807, 2.05) is 18.2 Å². The molecule has 0 aromatic heterocycles. The molecule has 1 aliphatic heterocycles. The fourth-order valence-corrected chi connectivity index (χ4v) is 2.21. The van der Waals surface area contributed by atoms with Gasteiger partial charge in [0.1, 0.15) is 5.78 Å². The van der Waals surface area contributed by atoms with Crippen molar-refractivity contribution in [3.63, 3.8) is 0 Å². The summed E-state index contributed by atoms with van der Waals surface area (Å²) in [5.74, 6) is 1.39. The average Bonchev–Trinajstić information content (AvgIpc) is 2.54. The molecule has 0 atom stereocenters. The Balaban J connectivity index is 1.85. The Bertz CT molecular complexity index is 446. The van der Waals surface area contributed by atoms with E-state index in [1.165, 1.54) is 0 Å². The monoisotopic (exact) mass is 218 g/mol. The average molecular weight is 218 g/mol. The van der Waals surface area contributed by atoms with Crippen LogP contribution in [0.25, 0.3) is 0 Å². The van der Waals surface area contributed by atoms with Crippen LogP contribution in [0.1, 0.15) is 31.7 Å². The summed E-state index contributed by atoms with van der Waals surface area (Å²) in [5, 5.41) is 0. The molecule has 2 aliphatic rings. The molecule has 0 radical (unpaired) electrons. The van der Waals surface area contributed by atoms with Gasteiger partial charge in [-0.25, -0.2) is 0 Å². The lowest BCUT2D eigenvalue weighted by atomic mass is 9.91. The minimum absolute atomic E-state index is 0.164. The topological polar surface area (TPSA) is 35.5 Å². The molecule has 16 heavy (non-hydrogen) atoms. The van der Waals surface area contributed by atoms with Crippen molar-refractivity contribution in [2.75, 3.05) is 0 Å². The first-order valence-electron chi connectivity index (χ1n) is 5.67. The highest BCUT2D eigenvalue weighted by Crippen LogP contribution is 2.48. The summed E-state index contributed by atoms with van der Waals surface area (Å²) in [6, 6.07) is 5.76. The van der Waals surface area contributed by atoms with Crippen molar-refractivity contribution < 1.29 is 14.3 Å². The van der Waals surface area contributed by atoms with Crippen molar-refractivity contribution in [3.8, 4) is 11.5 Å². The highest BCUT2D eigenvalue weighted by atomic mass is 16.7. The van der Waals surface area contributed by atoms with Gasteiger partial charge in [0.2, 0.25) is 0 Å². The summed E-state index contributed by atoms with van der Waals surface area (Å²) >= 11 is 0. The van der Waals surface area contributed by atoms with Crippen LogP contribution in [0.2, 0.25) is 0 Å². The molecule has 1 aromatic rings. The van der Waals surface area contributed by atoms with E-state index in [-0.39, 0.29) is 11.6 Å². The van der Waals surface area contributed by atoms with Crippen molar-refractivity contribution >= 4 is 5.78 Å². The van der Waals surface area contributed by atoms with E-state index in [2.05, 4.69) is 0 Å². The molecule has 1 saturated carbocycles. The fourth-order valence-electron chi connectivity index (χ4n) is 2.21. The second kappa shape index (κ2) is 3.24. The first kappa shape index (κ1) is 9.70. The summed E-state index contributed by atoms with van der Waals surface area (Å²) in [4.78, 5) is 11.0. The molecule has 84 valence electrons. The van der Waals surface area contributed by atoms with E-state index in [4.69, 9.17) is 9.47 Å². The zero-order chi connectivity index (χ0) is 11.2. The molecule has 1 heterocycles. The molecule has 0 amide bonds. The van der Waals surface area contributed by atoms with E-state index in [0.717, 1.165) is 36.3 Å². The number of benzene rings is 1. The van der Waals surface area contributed by atoms with Crippen LogP contribution in [0.4, 0.5) is 0 Å². The molecule has 0 N–H and O–H groups in total. The van der Waals surface area contributed by atoms with Crippen molar-refractivity contribution in [1.82, 2.24) is 0 Å². The van der Waals surface area contributed by atoms with Gasteiger partial charge in [-0.3, -0.25) is 4.79 Å². The second-order valence-electron chi connectivity index (χ2n) is 4.63. The highest BCUT2D eigenvalue weighted by Gasteiger charge is 2.47. The highest BCUT2D eigenvalue weighted by molar-refractivity contribution is 5.78. The Labute approximate surface area is 94.4 Å². The molecule has 3 rings (SSSR count). The third-order valence-electron chi connectivity index (χ3n) is 3.17. The molecule has 0 bridgehead atoms. The van der Waals surface area contributed by atoms with Gasteiger partial charge >= 0.3 is 0 Å². The fraction of sp³-hybridized carbons (Fsp3) is 0.462. The van der Waals surface area contributed by atoms with Gasteiger partial charge in [0.25, 0.3) is 5.79 Å². The van der Waals surface area contributed by atoms with Gasteiger partial charge in [0.15, 0.2) is 11.5 Å². The number of Topliss-reactive ketones (excluding diaryl/α,β-unsaturated/α-hetero) is 1. The molecule has 1 fully saturated rings. The van der Waals surface area contributed by atoms with E-state index in [9.17, 15) is 4.79 Å². The minimum Gasteiger partial charge on any atom is -0.448 e. The SMILES string of the molecule is CC(=O)Cc1ccc2c(c1)OC1(CCC1)O2. The van der Waals surface area contributed by atoms with Gasteiger partial charge in [0, 0.05) is 19.3 Å². The van der Waals surface area contributed by atoms with E-state index in [0.29, 0.717) is 6.42 Å². The second-order valence-corrected chi connectivity index (χ2v) is 4.63. The van der Waals surface area contributed by atoms with Crippen LogP contribution in [-0.4, -0.2) is 11.6 Å². The maximum Gasteiger partial charge on any atom is 0.251 e. The Kier molecular flexibility index (Phi) is 1.96. The van der Waals surface area contributed by atoms with Crippen molar-refractivity contribution in [3.05, 3.63) is 23.8 Å². The number of hydrogen-bond donors (Lipinski definition) is 0. The third kappa shape index (κ3) is 1.47. The zero-order valence-corrected chi connectivity index (χ0v) is 9.29. The number of ketones is 1. The van der Waals surface area contributed by atoms with Crippen LogP contribution in [0, 0.1) is 0 Å². The lowest BCUT2D eigenvalue weighted by Crippen LogP contribution is -2.45. The van der Waals surface area contributed by atoms with E-state index >= 15 is 0 Å².